The van der Waals surface area contributed by atoms with Gasteiger partial charge in [0.05, 0.1) is 0 Å². The van der Waals surface area contributed by atoms with E-state index in [0.29, 0.717) is 14.2 Å². The Balaban J connectivity index is 5.43. The minimum absolute atomic E-state index is 0.537. The molecule has 0 aromatic carbocycles. The summed E-state index contributed by atoms with van der Waals surface area (Å²) in [4.78, 5) is 0. The summed E-state index contributed by atoms with van der Waals surface area (Å²) in [7, 11) is 1.07. The number of ether oxygens (including phenoxy) is 2. The smallest absolute Gasteiger partial charge is 0.378 e. The molecular weight excluding hydrogens is 280 g/mol. The first kappa shape index (κ1) is 17.4. The van der Waals surface area contributed by atoms with Crippen LogP contribution in [-0.4, -0.2) is 51.1 Å². The third-order valence-electron chi connectivity index (χ3n) is 1.96. The first-order chi connectivity index (χ1) is 7.87. The quantitative estimate of drug-likeness (QED) is 0.671. The molecule has 0 N–H and O–H groups in total. The van der Waals surface area contributed by atoms with E-state index < -0.39 is 36.9 Å². The van der Waals surface area contributed by atoms with E-state index in [1.807, 2.05) is 0 Å². The van der Waals surface area contributed by atoms with Crippen molar-refractivity contribution in [2.45, 2.75) is 23.7 Å². The second-order valence-corrected chi connectivity index (χ2v) is 3.42. The van der Waals surface area contributed by atoms with Crippen LogP contribution >= 0.6 is 0 Å². The lowest BCUT2D eigenvalue weighted by Gasteiger charge is -2.36. The largest absolute Gasteiger partial charge is 0.380 e. The Morgan fingerprint density at radius 3 is 1.00 bits per heavy atom. The predicted octanol–water partition coefficient (Wildman–Crippen LogP) is 2.82. The van der Waals surface area contributed by atoms with Gasteiger partial charge in [-0.3, -0.25) is 0 Å². The minimum Gasteiger partial charge on any atom is -0.378 e. The molecule has 0 aromatic heterocycles. The van der Waals surface area contributed by atoms with Crippen LogP contribution in [0.1, 0.15) is 0 Å². The molecule has 0 radical (unpaired) electrons. The highest BCUT2D eigenvalue weighted by molar-refractivity contribution is 5.03. The van der Waals surface area contributed by atoms with Gasteiger partial charge in [-0.2, -0.15) is 35.1 Å². The molecule has 0 aliphatic carbocycles. The minimum atomic E-state index is -6.29. The van der Waals surface area contributed by atoms with Crippen molar-refractivity contribution in [3.8, 4) is 0 Å². The first-order valence-corrected chi connectivity index (χ1v) is 4.36. The molecule has 0 amide bonds. The molecule has 0 fully saturated rings. The zero-order valence-electron chi connectivity index (χ0n) is 9.25. The maximum Gasteiger partial charge on any atom is 0.380 e. The molecule has 18 heavy (non-hydrogen) atoms. The van der Waals surface area contributed by atoms with Crippen LogP contribution in [0.15, 0.2) is 0 Å². The number of hydrogen-bond donors (Lipinski definition) is 0. The highest BCUT2D eigenvalue weighted by Crippen LogP contribution is 2.52. The van der Waals surface area contributed by atoms with E-state index in [-0.39, 0.29) is 0 Å². The number of alkyl halides is 8. The van der Waals surface area contributed by atoms with Crippen molar-refractivity contribution in [3.05, 3.63) is 0 Å². The normalized spacial score (nSPS) is 15.0. The van der Waals surface area contributed by atoms with Gasteiger partial charge in [0.25, 0.3) is 0 Å². The van der Waals surface area contributed by atoms with Crippen LogP contribution in [0.3, 0.4) is 0 Å². The zero-order valence-corrected chi connectivity index (χ0v) is 9.25. The summed E-state index contributed by atoms with van der Waals surface area (Å²) in [5.74, 6) is -23.5. The molecule has 0 saturated heterocycles. The SMILES string of the molecule is COCC(F)(F)C(F)(F)C(F)(F)C(F)(F)COC. The van der Waals surface area contributed by atoms with E-state index in [0.717, 1.165) is 0 Å². The van der Waals surface area contributed by atoms with Gasteiger partial charge in [0.15, 0.2) is 0 Å². The molecule has 0 heterocycles. The summed E-state index contributed by atoms with van der Waals surface area (Å²) in [5, 5.41) is 0. The lowest BCUT2D eigenvalue weighted by molar-refractivity contribution is -0.375. The van der Waals surface area contributed by atoms with Gasteiger partial charge in [-0.05, 0) is 0 Å². The summed E-state index contributed by atoms with van der Waals surface area (Å²) < 4.78 is 110. The summed E-state index contributed by atoms with van der Waals surface area (Å²) in [5.41, 5.74) is 0. The van der Waals surface area contributed by atoms with E-state index >= 15 is 0 Å². The van der Waals surface area contributed by atoms with Crippen LogP contribution in [0, 0.1) is 0 Å². The fourth-order valence-electron chi connectivity index (χ4n) is 1.00. The van der Waals surface area contributed by atoms with E-state index in [1.54, 1.807) is 0 Å². The van der Waals surface area contributed by atoms with Crippen LogP contribution in [0.2, 0.25) is 0 Å². The predicted molar refractivity (Wildman–Crippen MR) is 43.5 cm³/mol. The van der Waals surface area contributed by atoms with Crippen molar-refractivity contribution < 1.29 is 44.6 Å². The Labute approximate surface area is 96.8 Å². The molecule has 10 heteroatoms. The Morgan fingerprint density at radius 2 is 0.833 bits per heavy atom. The Bertz CT molecular complexity index is 250. The van der Waals surface area contributed by atoms with Crippen LogP contribution < -0.4 is 0 Å². The molecule has 0 spiro atoms. The molecule has 0 atom stereocenters. The van der Waals surface area contributed by atoms with Crippen LogP contribution in [0.5, 0.6) is 0 Å². The van der Waals surface area contributed by atoms with Gasteiger partial charge in [-0.15, -0.1) is 0 Å². The van der Waals surface area contributed by atoms with Crippen LogP contribution in [0.25, 0.3) is 0 Å². The van der Waals surface area contributed by atoms with E-state index in [2.05, 4.69) is 9.47 Å². The van der Waals surface area contributed by atoms with Crippen molar-refractivity contribution in [2.24, 2.45) is 0 Å². The molecule has 0 saturated carbocycles. The molecule has 0 aliphatic rings. The van der Waals surface area contributed by atoms with E-state index in [9.17, 15) is 35.1 Å². The van der Waals surface area contributed by atoms with Crippen LogP contribution in [-0.2, 0) is 9.47 Å². The molecule has 110 valence electrons. The Kier molecular flexibility index (Phi) is 4.97. The number of methoxy groups -OCH3 is 2. The molecule has 0 bridgehead atoms. The van der Waals surface area contributed by atoms with Crippen molar-refractivity contribution in [1.29, 1.82) is 0 Å². The van der Waals surface area contributed by atoms with Crippen molar-refractivity contribution in [2.75, 3.05) is 27.4 Å². The highest BCUT2D eigenvalue weighted by Gasteiger charge is 2.80. The topological polar surface area (TPSA) is 18.5 Å². The highest BCUT2D eigenvalue weighted by atomic mass is 19.4. The lowest BCUT2D eigenvalue weighted by atomic mass is 9.99. The Morgan fingerprint density at radius 1 is 0.611 bits per heavy atom. The number of rotatable bonds is 7. The third-order valence-corrected chi connectivity index (χ3v) is 1.96. The second-order valence-electron chi connectivity index (χ2n) is 3.42. The number of halogens is 8. The van der Waals surface area contributed by atoms with Crippen LogP contribution in [0.4, 0.5) is 35.1 Å². The fraction of sp³-hybridized carbons (Fsp3) is 1.00. The van der Waals surface area contributed by atoms with Gasteiger partial charge in [0.2, 0.25) is 0 Å². The summed E-state index contributed by atoms with van der Waals surface area (Å²) >= 11 is 0. The van der Waals surface area contributed by atoms with Gasteiger partial charge < -0.3 is 9.47 Å². The van der Waals surface area contributed by atoms with Gasteiger partial charge in [0, 0.05) is 14.2 Å². The van der Waals surface area contributed by atoms with E-state index in [4.69, 9.17) is 0 Å². The van der Waals surface area contributed by atoms with E-state index in [1.165, 1.54) is 0 Å². The summed E-state index contributed by atoms with van der Waals surface area (Å²) in [6, 6.07) is 0. The van der Waals surface area contributed by atoms with Gasteiger partial charge >= 0.3 is 23.7 Å². The first-order valence-electron chi connectivity index (χ1n) is 4.36. The molecule has 0 aromatic rings. The maximum absolute atomic E-state index is 12.9. The fourth-order valence-corrected chi connectivity index (χ4v) is 1.00. The Hall–Kier alpha value is -0.640. The molecule has 0 rings (SSSR count). The monoisotopic (exact) mass is 290 g/mol. The summed E-state index contributed by atoms with van der Waals surface area (Å²) in [6.07, 6.45) is 0. The average molecular weight is 290 g/mol. The molecule has 0 unspecified atom stereocenters. The summed E-state index contributed by atoms with van der Waals surface area (Å²) in [6.45, 7) is -4.25. The third kappa shape index (κ3) is 2.68. The lowest BCUT2D eigenvalue weighted by Crippen LogP contribution is -2.64. The van der Waals surface area contributed by atoms with Crippen molar-refractivity contribution >= 4 is 0 Å². The second kappa shape index (κ2) is 5.16. The standard InChI is InChI=1S/C8H10F8O2/c1-17-3-5(9,10)7(13,14)8(15,16)6(11,12)4-18-2/h3-4H2,1-2H3. The van der Waals surface area contributed by atoms with Crippen molar-refractivity contribution in [3.63, 3.8) is 0 Å². The van der Waals surface area contributed by atoms with Gasteiger partial charge in [0.1, 0.15) is 13.2 Å². The van der Waals surface area contributed by atoms with Gasteiger partial charge in [-0.1, -0.05) is 0 Å². The van der Waals surface area contributed by atoms with Crippen molar-refractivity contribution in [1.82, 2.24) is 0 Å². The van der Waals surface area contributed by atoms with Gasteiger partial charge in [-0.25, -0.2) is 0 Å². The number of hydrogen-bond acceptors (Lipinski definition) is 2. The zero-order chi connectivity index (χ0) is 14.8. The average Bonchev–Trinajstić information content (AvgIpc) is 2.16. The molecular formula is C8H10F8O2. The molecule has 2 nitrogen and oxygen atoms in total. The molecule has 0 aliphatic heterocycles. The maximum atomic E-state index is 12.9.